The fourth-order valence-corrected chi connectivity index (χ4v) is 3.95. The summed E-state index contributed by atoms with van der Waals surface area (Å²) < 4.78 is 5.16. The highest BCUT2D eigenvalue weighted by Crippen LogP contribution is 2.32. The number of carboxylic acids is 1. The zero-order valence-electron chi connectivity index (χ0n) is 15.3. The number of rotatable bonds is 8. The molecule has 0 saturated carbocycles. The smallest absolute Gasteiger partial charge is 0.341 e. The molecule has 0 heterocycles. The van der Waals surface area contributed by atoms with Crippen LogP contribution in [0.1, 0.15) is 11.1 Å². The molecule has 3 rings (SSSR count). The first-order valence-corrected chi connectivity index (χ1v) is 10.6. The average molecular weight is 445 g/mol. The Morgan fingerprint density at radius 2 is 1.66 bits per heavy atom. The third-order valence-electron chi connectivity index (χ3n) is 4.03. The molecular weight excluding hydrogens is 427 g/mol. The summed E-state index contributed by atoms with van der Waals surface area (Å²) in [5.41, 5.74) is 3.33. The SMILES string of the molecule is O=C(O)COc1ccc(SCC=C(c2ccccc2)c2ccc(Cl)cc2)c(Cl)c1. The van der Waals surface area contributed by atoms with Gasteiger partial charge < -0.3 is 9.84 Å². The van der Waals surface area contributed by atoms with E-state index in [0.29, 0.717) is 21.5 Å². The molecule has 0 unspecified atom stereocenters. The van der Waals surface area contributed by atoms with Crippen molar-refractivity contribution in [1.29, 1.82) is 0 Å². The van der Waals surface area contributed by atoms with Crippen LogP contribution in [-0.2, 0) is 4.79 Å². The highest BCUT2D eigenvalue weighted by molar-refractivity contribution is 7.99. The average Bonchev–Trinajstić information content (AvgIpc) is 2.72. The summed E-state index contributed by atoms with van der Waals surface area (Å²) >= 11 is 14.0. The van der Waals surface area contributed by atoms with Gasteiger partial charge in [-0.1, -0.05) is 71.7 Å². The van der Waals surface area contributed by atoms with Crippen molar-refractivity contribution in [2.45, 2.75) is 4.90 Å². The minimum Gasteiger partial charge on any atom is -0.482 e. The van der Waals surface area contributed by atoms with Crippen LogP contribution >= 0.6 is 35.0 Å². The van der Waals surface area contributed by atoms with Gasteiger partial charge in [-0.3, -0.25) is 0 Å². The summed E-state index contributed by atoms with van der Waals surface area (Å²) in [7, 11) is 0. The van der Waals surface area contributed by atoms with Crippen molar-refractivity contribution in [2.24, 2.45) is 0 Å². The molecule has 0 aliphatic rings. The lowest BCUT2D eigenvalue weighted by Crippen LogP contribution is -2.09. The number of hydrogen-bond donors (Lipinski definition) is 1. The Hall–Kier alpha value is -2.40. The van der Waals surface area contributed by atoms with Crippen molar-refractivity contribution in [2.75, 3.05) is 12.4 Å². The Morgan fingerprint density at radius 1 is 0.966 bits per heavy atom. The Morgan fingerprint density at radius 3 is 2.31 bits per heavy atom. The van der Waals surface area contributed by atoms with Crippen LogP contribution in [0.15, 0.2) is 83.8 Å². The second-order valence-electron chi connectivity index (χ2n) is 6.08. The normalized spacial score (nSPS) is 11.3. The van der Waals surface area contributed by atoms with Gasteiger partial charge in [0.2, 0.25) is 0 Å². The van der Waals surface area contributed by atoms with E-state index in [4.69, 9.17) is 33.0 Å². The van der Waals surface area contributed by atoms with Gasteiger partial charge in [-0.2, -0.15) is 0 Å². The molecule has 0 fully saturated rings. The molecule has 0 saturated heterocycles. The minimum atomic E-state index is -1.03. The standard InChI is InChI=1S/C23H18Cl2O3S/c24-18-8-6-17(7-9-18)20(16-4-2-1-3-5-16)12-13-29-22-11-10-19(14-21(22)25)28-15-23(26)27/h1-12,14H,13,15H2,(H,26,27). The van der Waals surface area contributed by atoms with Crippen molar-refractivity contribution >= 4 is 46.5 Å². The molecule has 3 aromatic rings. The fourth-order valence-electron chi connectivity index (χ4n) is 2.70. The lowest BCUT2D eigenvalue weighted by atomic mass is 9.98. The van der Waals surface area contributed by atoms with Crippen molar-refractivity contribution in [3.8, 4) is 5.75 Å². The van der Waals surface area contributed by atoms with Crippen molar-refractivity contribution in [3.05, 3.63) is 100 Å². The summed E-state index contributed by atoms with van der Waals surface area (Å²) in [6, 6.07) is 23.1. The summed E-state index contributed by atoms with van der Waals surface area (Å²) in [5.74, 6) is 0.117. The van der Waals surface area contributed by atoms with E-state index in [1.807, 2.05) is 48.5 Å². The highest BCUT2D eigenvalue weighted by atomic mass is 35.5. The maximum absolute atomic E-state index is 10.6. The van der Waals surface area contributed by atoms with Crippen LogP contribution in [0.2, 0.25) is 10.0 Å². The van der Waals surface area contributed by atoms with Gasteiger partial charge in [0.15, 0.2) is 6.61 Å². The zero-order chi connectivity index (χ0) is 20.6. The summed E-state index contributed by atoms with van der Waals surface area (Å²) in [6.07, 6.45) is 2.16. The Bertz CT molecular complexity index is 1000. The molecule has 0 aromatic heterocycles. The first-order valence-electron chi connectivity index (χ1n) is 8.81. The Labute approximate surface area is 183 Å². The van der Waals surface area contributed by atoms with Crippen LogP contribution in [0.25, 0.3) is 5.57 Å². The quantitative estimate of drug-likeness (QED) is 0.393. The molecule has 3 nitrogen and oxygen atoms in total. The van der Waals surface area contributed by atoms with E-state index in [-0.39, 0.29) is 0 Å². The van der Waals surface area contributed by atoms with Crippen LogP contribution in [0.5, 0.6) is 5.75 Å². The van der Waals surface area contributed by atoms with Gasteiger partial charge in [0.05, 0.1) is 5.02 Å². The number of benzene rings is 3. The van der Waals surface area contributed by atoms with E-state index < -0.39 is 12.6 Å². The molecule has 6 heteroatoms. The van der Waals surface area contributed by atoms with Crippen molar-refractivity contribution in [1.82, 2.24) is 0 Å². The molecule has 0 amide bonds. The van der Waals surface area contributed by atoms with Gasteiger partial charge in [-0.25, -0.2) is 4.79 Å². The molecular formula is C23H18Cl2O3S. The number of ether oxygens (including phenoxy) is 1. The van der Waals surface area contributed by atoms with Crippen LogP contribution in [0.3, 0.4) is 0 Å². The third-order valence-corrected chi connectivity index (χ3v) is 5.71. The number of hydrogen-bond acceptors (Lipinski definition) is 3. The molecule has 148 valence electrons. The molecule has 0 bridgehead atoms. The minimum absolute atomic E-state index is 0.396. The molecule has 3 aromatic carbocycles. The van der Waals surface area contributed by atoms with Gasteiger partial charge in [0.1, 0.15) is 5.75 Å². The summed E-state index contributed by atoms with van der Waals surface area (Å²) in [4.78, 5) is 11.5. The molecule has 0 aliphatic heterocycles. The van der Waals surface area contributed by atoms with E-state index >= 15 is 0 Å². The van der Waals surface area contributed by atoms with Gasteiger partial charge in [-0.05, 0) is 47.0 Å². The van der Waals surface area contributed by atoms with Crippen LogP contribution in [0.4, 0.5) is 0 Å². The van der Waals surface area contributed by atoms with Crippen molar-refractivity contribution in [3.63, 3.8) is 0 Å². The largest absolute Gasteiger partial charge is 0.482 e. The molecule has 0 atom stereocenters. The second kappa shape index (κ2) is 10.4. The molecule has 1 N–H and O–H groups in total. The lowest BCUT2D eigenvalue weighted by Gasteiger charge is -2.10. The summed E-state index contributed by atoms with van der Waals surface area (Å²) in [5, 5.41) is 9.92. The third kappa shape index (κ3) is 6.29. The highest BCUT2D eigenvalue weighted by Gasteiger charge is 2.07. The zero-order valence-corrected chi connectivity index (χ0v) is 17.7. The number of aliphatic carboxylic acids is 1. The van der Waals surface area contributed by atoms with Gasteiger partial charge in [-0.15, -0.1) is 11.8 Å². The number of carbonyl (C=O) groups is 1. The van der Waals surface area contributed by atoms with E-state index in [2.05, 4.69) is 18.2 Å². The van der Waals surface area contributed by atoms with Gasteiger partial charge >= 0.3 is 5.97 Å². The lowest BCUT2D eigenvalue weighted by molar-refractivity contribution is -0.139. The predicted octanol–water partition coefficient (Wildman–Crippen LogP) is 6.68. The first kappa shape index (κ1) is 21.3. The molecule has 0 radical (unpaired) electrons. The summed E-state index contributed by atoms with van der Waals surface area (Å²) in [6.45, 7) is -0.396. The molecule has 0 aliphatic carbocycles. The molecule has 0 spiro atoms. The van der Waals surface area contributed by atoms with Crippen LogP contribution in [0, 0.1) is 0 Å². The van der Waals surface area contributed by atoms with E-state index in [1.54, 1.807) is 23.9 Å². The fraction of sp³-hybridized carbons (Fsp3) is 0.0870. The second-order valence-corrected chi connectivity index (χ2v) is 7.98. The predicted molar refractivity (Wildman–Crippen MR) is 120 cm³/mol. The monoisotopic (exact) mass is 444 g/mol. The topological polar surface area (TPSA) is 46.5 Å². The first-order chi connectivity index (χ1) is 14.0. The Kier molecular flexibility index (Phi) is 7.64. The Balaban J connectivity index is 1.76. The van der Waals surface area contributed by atoms with Crippen LogP contribution < -0.4 is 4.74 Å². The number of carboxylic acid groups (broad SMARTS) is 1. The van der Waals surface area contributed by atoms with E-state index in [0.717, 1.165) is 21.6 Å². The maximum atomic E-state index is 10.6. The van der Waals surface area contributed by atoms with Gasteiger partial charge in [0, 0.05) is 15.7 Å². The van der Waals surface area contributed by atoms with Crippen molar-refractivity contribution < 1.29 is 14.6 Å². The van der Waals surface area contributed by atoms with Crippen LogP contribution in [-0.4, -0.2) is 23.4 Å². The van der Waals surface area contributed by atoms with Gasteiger partial charge in [0.25, 0.3) is 0 Å². The van der Waals surface area contributed by atoms with E-state index in [1.165, 1.54) is 0 Å². The maximum Gasteiger partial charge on any atom is 0.341 e. The number of thioether (sulfide) groups is 1. The molecule has 29 heavy (non-hydrogen) atoms. The number of halogens is 2. The van der Waals surface area contributed by atoms with E-state index in [9.17, 15) is 4.79 Å².